The molecule has 0 fully saturated rings. The van der Waals surface area contributed by atoms with E-state index in [2.05, 4.69) is 49.9 Å². The summed E-state index contributed by atoms with van der Waals surface area (Å²) in [5.74, 6) is 0.690. The fourth-order valence-corrected chi connectivity index (χ4v) is 5.63. The zero-order valence-electron chi connectivity index (χ0n) is 24.2. The van der Waals surface area contributed by atoms with E-state index in [1.807, 2.05) is 0 Å². The van der Waals surface area contributed by atoms with Crippen LogP contribution in [0.4, 0.5) is 0 Å². The zero-order valence-corrected chi connectivity index (χ0v) is 24.2. The van der Waals surface area contributed by atoms with Gasteiger partial charge in [0.05, 0.1) is 0 Å². The second kappa shape index (κ2) is 22.8. The summed E-state index contributed by atoms with van der Waals surface area (Å²) >= 11 is 0. The lowest BCUT2D eigenvalue weighted by atomic mass is 10.0. The van der Waals surface area contributed by atoms with Crippen molar-refractivity contribution in [3.8, 4) is 0 Å². The maximum absolute atomic E-state index is 2.64. The molecule has 0 aliphatic carbocycles. The second-order valence-corrected chi connectivity index (χ2v) is 11.5. The first kappa shape index (κ1) is 31.4. The van der Waals surface area contributed by atoms with Gasteiger partial charge in [0.15, 0.2) is 0 Å². The molecule has 1 aliphatic rings. The first-order chi connectivity index (χ1) is 16.7. The van der Waals surface area contributed by atoms with E-state index in [0.29, 0.717) is 12.1 Å². The molecule has 0 aromatic heterocycles. The predicted octanol–water partition coefficient (Wildman–Crippen LogP) is 10.7. The summed E-state index contributed by atoms with van der Waals surface area (Å²) < 4.78 is 0. The monoisotopic (exact) mass is 477 g/mol. The normalized spacial score (nSPS) is 14.3. The van der Waals surface area contributed by atoms with Crippen LogP contribution in [0.2, 0.25) is 0 Å². The number of hydrogen-bond acceptors (Lipinski definition) is 2. The fourth-order valence-electron chi connectivity index (χ4n) is 5.63. The molecule has 0 spiro atoms. The van der Waals surface area contributed by atoms with Crippen LogP contribution in [0.1, 0.15) is 169 Å². The SMILES string of the molecule is CCCCCCCCCCCCCN1C=CN(CCCCCCCCCCCCC)C1C(C)C. The van der Waals surface area contributed by atoms with Gasteiger partial charge in [-0.15, -0.1) is 0 Å². The van der Waals surface area contributed by atoms with E-state index < -0.39 is 0 Å². The third-order valence-corrected chi connectivity index (χ3v) is 7.77. The molecule has 0 atom stereocenters. The highest BCUT2D eigenvalue weighted by molar-refractivity contribution is 4.98. The van der Waals surface area contributed by atoms with Crippen molar-refractivity contribution in [3.63, 3.8) is 0 Å². The number of nitrogens with zero attached hydrogens (tertiary/aromatic N) is 2. The van der Waals surface area contributed by atoms with Crippen molar-refractivity contribution >= 4 is 0 Å². The van der Waals surface area contributed by atoms with Crippen molar-refractivity contribution < 1.29 is 0 Å². The molecule has 34 heavy (non-hydrogen) atoms. The predicted molar refractivity (Wildman–Crippen MR) is 154 cm³/mol. The van der Waals surface area contributed by atoms with Gasteiger partial charge in [-0.05, 0) is 18.8 Å². The van der Waals surface area contributed by atoms with Gasteiger partial charge in [0, 0.05) is 25.5 Å². The highest BCUT2D eigenvalue weighted by atomic mass is 15.4. The van der Waals surface area contributed by atoms with Gasteiger partial charge >= 0.3 is 0 Å². The Hall–Kier alpha value is -0.660. The van der Waals surface area contributed by atoms with Gasteiger partial charge in [-0.25, -0.2) is 0 Å². The van der Waals surface area contributed by atoms with Crippen LogP contribution < -0.4 is 0 Å². The molecule has 2 nitrogen and oxygen atoms in total. The summed E-state index contributed by atoms with van der Waals surface area (Å²) in [6, 6.07) is 0. The summed E-state index contributed by atoms with van der Waals surface area (Å²) in [5, 5.41) is 0. The fraction of sp³-hybridized carbons (Fsp3) is 0.938. The van der Waals surface area contributed by atoms with Crippen LogP contribution >= 0.6 is 0 Å². The summed E-state index contributed by atoms with van der Waals surface area (Å²) in [5.41, 5.74) is 0. The van der Waals surface area contributed by atoms with Crippen LogP contribution in [0.15, 0.2) is 12.4 Å². The van der Waals surface area contributed by atoms with E-state index in [1.54, 1.807) is 0 Å². The lowest BCUT2D eigenvalue weighted by Gasteiger charge is -2.36. The standard InChI is InChI=1S/C32H64N2/c1-5-7-9-11-13-15-17-19-21-23-25-27-33-29-30-34(32(33)31(3)4)28-26-24-22-20-18-16-14-12-10-8-6-2/h29-32H,5-28H2,1-4H3. The highest BCUT2D eigenvalue weighted by Crippen LogP contribution is 2.24. The van der Waals surface area contributed by atoms with Gasteiger partial charge in [0.2, 0.25) is 0 Å². The molecular weight excluding hydrogens is 412 g/mol. The molecule has 0 saturated carbocycles. The van der Waals surface area contributed by atoms with Gasteiger partial charge in [0.1, 0.15) is 6.17 Å². The van der Waals surface area contributed by atoms with Crippen LogP contribution in [-0.4, -0.2) is 29.1 Å². The molecule has 0 aromatic rings. The quantitative estimate of drug-likeness (QED) is 0.121. The Morgan fingerprint density at radius 2 is 0.706 bits per heavy atom. The third kappa shape index (κ3) is 16.1. The largest absolute Gasteiger partial charge is 0.356 e. The average molecular weight is 477 g/mol. The van der Waals surface area contributed by atoms with E-state index in [4.69, 9.17) is 0 Å². The minimum Gasteiger partial charge on any atom is -0.356 e. The summed E-state index contributed by atoms with van der Waals surface area (Å²) in [6.45, 7) is 11.9. The minimum absolute atomic E-state index is 0.589. The smallest absolute Gasteiger partial charge is 0.103 e. The van der Waals surface area contributed by atoms with E-state index in [-0.39, 0.29) is 0 Å². The minimum atomic E-state index is 0.589. The Bertz CT molecular complexity index is 408. The van der Waals surface area contributed by atoms with Crippen LogP contribution in [-0.2, 0) is 0 Å². The second-order valence-electron chi connectivity index (χ2n) is 11.5. The first-order valence-corrected chi connectivity index (χ1v) is 15.9. The van der Waals surface area contributed by atoms with Crippen molar-refractivity contribution in [2.45, 2.75) is 175 Å². The van der Waals surface area contributed by atoms with Gasteiger partial charge in [0.25, 0.3) is 0 Å². The van der Waals surface area contributed by atoms with Crippen molar-refractivity contribution in [2.24, 2.45) is 5.92 Å². The first-order valence-electron chi connectivity index (χ1n) is 15.9. The Kier molecular flexibility index (Phi) is 21.0. The molecule has 1 rings (SSSR count). The van der Waals surface area contributed by atoms with Crippen LogP contribution in [0.25, 0.3) is 0 Å². The molecule has 1 aliphatic heterocycles. The Balaban J connectivity index is 2.02. The Morgan fingerprint density at radius 1 is 0.441 bits per heavy atom. The van der Waals surface area contributed by atoms with Crippen LogP contribution in [0, 0.1) is 5.92 Å². The van der Waals surface area contributed by atoms with Crippen molar-refractivity contribution in [3.05, 3.63) is 12.4 Å². The maximum atomic E-state index is 2.64. The van der Waals surface area contributed by atoms with Crippen molar-refractivity contribution in [1.29, 1.82) is 0 Å². The molecule has 0 bridgehead atoms. The number of rotatable bonds is 25. The molecule has 0 aromatic carbocycles. The molecule has 202 valence electrons. The van der Waals surface area contributed by atoms with Crippen molar-refractivity contribution in [2.75, 3.05) is 13.1 Å². The average Bonchev–Trinajstić information content (AvgIpc) is 3.24. The van der Waals surface area contributed by atoms with E-state index >= 15 is 0 Å². The van der Waals surface area contributed by atoms with E-state index in [1.165, 1.54) is 154 Å². The Morgan fingerprint density at radius 3 is 0.971 bits per heavy atom. The molecule has 1 heterocycles. The van der Waals surface area contributed by atoms with Crippen molar-refractivity contribution in [1.82, 2.24) is 9.80 Å². The molecule has 0 saturated heterocycles. The Labute approximate surface area is 216 Å². The molecule has 0 radical (unpaired) electrons. The van der Waals surface area contributed by atoms with Crippen LogP contribution in [0.3, 0.4) is 0 Å². The van der Waals surface area contributed by atoms with E-state index in [9.17, 15) is 0 Å². The maximum Gasteiger partial charge on any atom is 0.103 e. The topological polar surface area (TPSA) is 6.48 Å². The number of hydrogen-bond donors (Lipinski definition) is 0. The molecule has 0 amide bonds. The number of unbranched alkanes of at least 4 members (excludes halogenated alkanes) is 20. The summed E-state index contributed by atoms with van der Waals surface area (Å²) in [6.07, 6.45) is 36.8. The van der Waals surface area contributed by atoms with Gasteiger partial charge < -0.3 is 9.80 Å². The molecule has 0 unspecified atom stereocenters. The molecule has 2 heteroatoms. The lowest BCUT2D eigenvalue weighted by Crippen LogP contribution is -2.43. The van der Waals surface area contributed by atoms with Gasteiger partial charge in [-0.2, -0.15) is 0 Å². The lowest BCUT2D eigenvalue weighted by molar-refractivity contribution is 0.104. The summed E-state index contributed by atoms with van der Waals surface area (Å²) in [4.78, 5) is 5.27. The highest BCUT2D eigenvalue weighted by Gasteiger charge is 2.28. The zero-order chi connectivity index (χ0) is 24.7. The van der Waals surface area contributed by atoms with Gasteiger partial charge in [-0.1, -0.05) is 156 Å². The molecular formula is C32H64N2. The van der Waals surface area contributed by atoms with Crippen LogP contribution in [0.5, 0.6) is 0 Å². The van der Waals surface area contributed by atoms with Gasteiger partial charge in [-0.3, -0.25) is 0 Å². The van der Waals surface area contributed by atoms with E-state index in [0.717, 1.165) is 0 Å². The summed E-state index contributed by atoms with van der Waals surface area (Å²) in [7, 11) is 0. The molecule has 0 N–H and O–H groups in total. The third-order valence-electron chi connectivity index (χ3n) is 7.77.